The minimum Gasteiger partial charge on any atom is -0.374 e. The lowest BCUT2D eigenvalue weighted by Crippen LogP contribution is -2.20. The highest BCUT2D eigenvalue weighted by atomic mass is 35.5. The molecular formula is C15H23ClN2. The van der Waals surface area contributed by atoms with Gasteiger partial charge in [-0.05, 0) is 49.4 Å². The Balaban J connectivity index is 1.94. The lowest BCUT2D eigenvalue weighted by atomic mass is 10.2. The Hall–Kier alpha value is -0.730. The molecule has 0 radical (unpaired) electrons. The molecule has 1 N–H and O–H groups in total. The van der Waals surface area contributed by atoms with Crippen LogP contribution in [0.5, 0.6) is 0 Å². The molecule has 0 heterocycles. The average Bonchev–Trinajstić information content (AvgIpc) is 3.15. The quantitative estimate of drug-likeness (QED) is 0.758. The maximum Gasteiger partial charge on any atom is 0.0471 e. The summed E-state index contributed by atoms with van der Waals surface area (Å²) in [5.41, 5.74) is 2.42. The summed E-state index contributed by atoms with van der Waals surface area (Å²) in [6.07, 6.45) is 3.92. The third-order valence-corrected chi connectivity index (χ3v) is 3.80. The zero-order valence-electron chi connectivity index (χ0n) is 11.4. The maximum absolute atomic E-state index is 6.34. The summed E-state index contributed by atoms with van der Waals surface area (Å²) < 4.78 is 0. The highest BCUT2D eigenvalue weighted by molar-refractivity contribution is 6.31. The maximum atomic E-state index is 6.34. The van der Waals surface area contributed by atoms with Gasteiger partial charge in [-0.3, -0.25) is 0 Å². The van der Waals surface area contributed by atoms with E-state index in [0.29, 0.717) is 0 Å². The van der Waals surface area contributed by atoms with Crippen molar-refractivity contribution in [2.45, 2.75) is 32.7 Å². The van der Waals surface area contributed by atoms with Crippen molar-refractivity contribution in [2.75, 3.05) is 25.0 Å². The molecule has 1 fully saturated rings. The molecule has 1 aliphatic carbocycles. The van der Waals surface area contributed by atoms with E-state index in [4.69, 9.17) is 11.6 Å². The molecule has 0 aliphatic heterocycles. The van der Waals surface area contributed by atoms with E-state index in [1.807, 2.05) is 0 Å². The number of nitrogens with one attached hydrogen (secondary N) is 1. The molecule has 0 spiro atoms. The first-order chi connectivity index (χ1) is 8.70. The van der Waals surface area contributed by atoms with Gasteiger partial charge in [0.25, 0.3) is 0 Å². The Labute approximate surface area is 115 Å². The second kappa shape index (κ2) is 6.44. The number of anilines is 1. The summed E-state index contributed by atoms with van der Waals surface area (Å²) in [7, 11) is 2.15. The molecule has 0 amide bonds. The van der Waals surface area contributed by atoms with Crippen LogP contribution in [0.1, 0.15) is 31.7 Å². The van der Waals surface area contributed by atoms with Gasteiger partial charge in [0.1, 0.15) is 0 Å². The predicted molar refractivity (Wildman–Crippen MR) is 79.4 cm³/mol. The van der Waals surface area contributed by atoms with Crippen molar-refractivity contribution < 1.29 is 0 Å². The number of nitrogens with zero attached hydrogens (tertiary/aromatic N) is 1. The lowest BCUT2D eigenvalue weighted by Gasteiger charge is -2.20. The molecular weight excluding hydrogens is 244 g/mol. The van der Waals surface area contributed by atoms with E-state index in [9.17, 15) is 0 Å². The molecule has 18 heavy (non-hydrogen) atoms. The van der Waals surface area contributed by atoms with Crippen molar-refractivity contribution in [3.8, 4) is 0 Å². The predicted octanol–water partition coefficient (Wildman–Crippen LogP) is 3.69. The van der Waals surface area contributed by atoms with Gasteiger partial charge in [0, 0.05) is 30.8 Å². The molecule has 100 valence electrons. The molecule has 0 bridgehead atoms. The topological polar surface area (TPSA) is 15.3 Å². The van der Waals surface area contributed by atoms with Crippen molar-refractivity contribution in [2.24, 2.45) is 5.92 Å². The highest BCUT2D eigenvalue weighted by Crippen LogP contribution is 2.31. The molecule has 0 unspecified atom stereocenters. The van der Waals surface area contributed by atoms with Crippen LogP contribution < -0.4 is 10.2 Å². The first-order valence-corrected chi connectivity index (χ1v) is 7.28. The number of hydrogen-bond donors (Lipinski definition) is 1. The molecule has 0 saturated heterocycles. The molecule has 1 aliphatic rings. The summed E-state index contributed by atoms with van der Waals surface area (Å²) in [6, 6.07) is 6.41. The number of rotatable bonds is 7. The Morgan fingerprint density at radius 2 is 2.17 bits per heavy atom. The zero-order valence-corrected chi connectivity index (χ0v) is 12.1. The summed E-state index contributed by atoms with van der Waals surface area (Å²) in [5.74, 6) is 0.902. The molecule has 0 aromatic heterocycles. The summed E-state index contributed by atoms with van der Waals surface area (Å²) >= 11 is 6.34. The van der Waals surface area contributed by atoms with E-state index < -0.39 is 0 Å². The van der Waals surface area contributed by atoms with Crippen molar-refractivity contribution in [3.05, 3.63) is 28.8 Å². The SMILES string of the molecule is CCCNCc1ccc(N(C)CC2CC2)cc1Cl. The van der Waals surface area contributed by atoms with Crippen molar-refractivity contribution in [1.29, 1.82) is 0 Å². The smallest absolute Gasteiger partial charge is 0.0471 e. The zero-order chi connectivity index (χ0) is 13.0. The number of hydrogen-bond acceptors (Lipinski definition) is 2. The van der Waals surface area contributed by atoms with Crippen LogP contribution in [0, 0.1) is 5.92 Å². The van der Waals surface area contributed by atoms with Gasteiger partial charge >= 0.3 is 0 Å². The summed E-state index contributed by atoms with van der Waals surface area (Å²) in [4.78, 5) is 2.31. The Morgan fingerprint density at radius 1 is 1.39 bits per heavy atom. The lowest BCUT2D eigenvalue weighted by molar-refractivity contribution is 0.675. The number of halogens is 1. The minimum atomic E-state index is 0.860. The van der Waals surface area contributed by atoms with Crippen molar-refractivity contribution in [1.82, 2.24) is 5.32 Å². The van der Waals surface area contributed by atoms with Crippen molar-refractivity contribution >= 4 is 17.3 Å². The first-order valence-electron chi connectivity index (χ1n) is 6.91. The van der Waals surface area contributed by atoms with E-state index >= 15 is 0 Å². The molecule has 2 nitrogen and oxygen atoms in total. The summed E-state index contributed by atoms with van der Waals surface area (Å²) in [5, 5.41) is 4.26. The first kappa shape index (κ1) is 13.7. The molecule has 1 aromatic rings. The fraction of sp³-hybridized carbons (Fsp3) is 0.600. The van der Waals surface area contributed by atoms with Gasteiger partial charge in [-0.25, -0.2) is 0 Å². The minimum absolute atomic E-state index is 0.860. The fourth-order valence-electron chi connectivity index (χ4n) is 2.11. The third kappa shape index (κ3) is 3.89. The Kier molecular flexibility index (Phi) is 4.90. The standard InChI is InChI=1S/C15H23ClN2/c1-3-8-17-10-13-6-7-14(9-15(13)16)18(2)11-12-4-5-12/h6-7,9,12,17H,3-5,8,10-11H2,1-2H3. The van der Waals surface area contributed by atoms with Crippen LogP contribution in [0.3, 0.4) is 0 Å². The average molecular weight is 267 g/mol. The summed E-state index contributed by atoms with van der Waals surface area (Å²) in [6.45, 7) is 5.23. The van der Waals surface area contributed by atoms with Gasteiger partial charge in [0.2, 0.25) is 0 Å². The largest absolute Gasteiger partial charge is 0.374 e. The normalized spacial score (nSPS) is 14.8. The van der Waals surface area contributed by atoms with Crippen LogP contribution in [0.25, 0.3) is 0 Å². The number of benzene rings is 1. The van der Waals surface area contributed by atoms with Gasteiger partial charge in [-0.2, -0.15) is 0 Å². The van der Waals surface area contributed by atoms with Crippen LogP contribution in [-0.2, 0) is 6.54 Å². The van der Waals surface area contributed by atoms with Crippen molar-refractivity contribution in [3.63, 3.8) is 0 Å². The van der Waals surface area contributed by atoms with Crippen LogP contribution in [0.15, 0.2) is 18.2 Å². The van der Waals surface area contributed by atoms with Crippen LogP contribution in [0.2, 0.25) is 5.02 Å². The van der Waals surface area contributed by atoms with Gasteiger partial charge in [0.15, 0.2) is 0 Å². The van der Waals surface area contributed by atoms with Crippen LogP contribution in [-0.4, -0.2) is 20.1 Å². The van der Waals surface area contributed by atoms with Crippen LogP contribution in [0.4, 0.5) is 5.69 Å². The fourth-order valence-corrected chi connectivity index (χ4v) is 2.35. The Bertz CT molecular complexity index is 388. The second-order valence-corrected chi connectivity index (χ2v) is 5.68. The molecule has 1 aromatic carbocycles. The van der Waals surface area contributed by atoms with E-state index in [0.717, 1.165) is 37.0 Å². The van der Waals surface area contributed by atoms with Gasteiger partial charge in [-0.15, -0.1) is 0 Å². The molecule has 0 atom stereocenters. The second-order valence-electron chi connectivity index (χ2n) is 5.28. The van der Waals surface area contributed by atoms with E-state index in [-0.39, 0.29) is 0 Å². The van der Waals surface area contributed by atoms with Gasteiger partial charge < -0.3 is 10.2 Å². The van der Waals surface area contributed by atoms with Gasteiger partial charge in [0.05, 0.1) is 0 Å². The Morgan fingerprint density at radius 3 is 2.78 bits per heavy atom. The molecule has 2 rings (SSSR count). The van der Waals surface area contributed by atoms with E-state index in [1.54, 1.807) is 0 Å². The van der Waals surface area contributed by atoms with E-state index in [2.05, 4.69) is 42.4 Å². The third-order valence-electron chi connectivity index (χ3n) is 3.45. The monoisotopic (exact) mass is 266 g/mol. The van der Waals surface area contributed by atoms with E-state index in [1.165, 1.54) is 24.1 Å². The molecule has 1 saturated carbocycles. The van der Waals surface area contributed by atoms with Gasteiger partial charge in [-0.1, -0.05) is 24.6 Å². The van der Waals surface area contributed by atoms with Crippen LogP contribution >= 0.6 is 11.6 Å². The molecule has 3 heteroatoms. The highest BCUT2D eigenvalue weighted by Gasteiger charge is 2.23.